The van der Waals surface area contributed by atoms with Gasteiger partial charge in [0, 0.05) is 17.8 Å². The van der Waals surface area contributed by atoms with Crippen LogP contribution in [0.1, 0.15) is 27.4 Å². The van der Waals surface area contributed by atoms with E-state index < -0.39 is 15.8 Å². The van der Waals surface area contributed by atoms with Crippen LogP contribution in [-0.4, -0.2) is 42.9 Å². The minimum Gasteiger partial charge on any atom is -0.383 e. The lowest BCUT2D eigenvalue weighted by Gasteiger charge is -2.13. The van der Waals surface area contributed by atoms with Crippen molar-refractivity contribution in [2.24, 2.45) is 0 Å². The minimum atomic E-state index is -4.20. The Hall–Kier alpha value is -5.55. The lowest BCUT2D eigenvalue weighted by molar-refractivity contribution is 0.103. The normalized spacial score (nSPS) is 11.9. The molecule has 212 valence electrons. The van der Waals surface area contributed by atoms with Gasteiger partial charge in [-0.1, -0.05) is 29.8 Å². The highest BCUT2D eigenvalue weighted by molar-refractivity contribution is 7.90. The number of pyridine rings is 1. The van der Waals surface area contributed by atoms with Crippen molar-refractivity contribution >= 4 is 43.6 Å². The van der Waals surface area contributed by atoms with Gasteiger partial charge in [0.25, 0.3) is 10.0 Å². The number of aryl methyl sites for hydroxylation is 2. The van der Waals surface area contributed by atoms with Crippen molar-refractivity contribution in [1.82, 2.24) is 28.7 Å². The smallest absolute Gasteiger partial charge is 0.268 e. The van der Waals surface area contributed by atoms with Crippen LogP contribution < -0.4 is 5.73 Å². The van der Waals surface area contributed by atoms with Crippen LogP contribution in [0.4, 0.5) is 5.82 Å². The number of rotatable bonds is 6. The molecule has 43 heavy (non-hydrogen) atoms. The van der Waals surface area contributed by atoms with Crippen molar-refractivity contribution < 1.29 is 13.2 Å². The SMILES string of the molecule is Cc1ccc(S(=O)(=O)n2c(C(=O)c3cnn(-c4ccc5nc(C)[nH]c5c4)c3N)cc3ccc(-c4ccncc4)cc32)cc1. The number of aromatic amines is 1. The third-order valence-corrected chi connectivity index (χ3v) is 9.19. The molecule has 0 unspecified atom stereocenters. The summed E-state index contributed by atoms with van der Waals surface area (Å²) in [5.74, 6) is 0.285. The number of imidazole rings is 1. The number of hydrogen-bond donors (Lipinski definition) is 2. The van der Waals surface area contributed by atoms with Crippen LogP contribution in [0, 0.1) is 13.8 Å². The van der Waals surface area contributed by atoms with E-state index >= 15 is 0 Å². The number of fused-ring (bicyclic) bond motifs is 2. The Labute approximate surface area is 246 Å². The number of anilines is 1. The van der Waals surface area contributed by atoms with Crippen molar-refractivity contribution in [2.75, 3.05) is 5.73 Å². The summed E-state index contributed by atoms with van der Waals surface area (Å²) in [5, 5.41) is 4.97. The molecule has 0 bridgehead atoms. The molecule has 3 aromatic carbocycles. The molecule has 0 fully saturated rings. The highest BCUT2D eigenvalue weighted by atomic mass is 32.2. The largest absolute Gasteiger partial charge is 0.383 e. The van der Waals surface area contributed by atoms with Gasteiger partial charge < -0.3 is 10.7 Å². The Balaban J connectivity index is 1.40. The van der Waals surface area contributed by atoms with E-state index in [1.165, 1.54) is 23.0 Å². The predicted molar refractivity (Wildman–Crippen MR) is 165 cm³/mol. The van der Waals surface area contributed by atoms with Crippen molar-refractivity contribution in [2.45, 2.75) is 18.7 Å². The number of ketones is 1. The van der Waals surface area contributed by atoms with Crippen molar-refractivity contribution in [1.29, 1.82) is 0 Å². The molecule has 0 radical (unpaired) electrons. The van der Waals surface area contributed by atoms with Crippen LogP contribution in [0.25, 0.3) is 38.8 Å². The zero-order valence-electron chi connectivity index (χ0n) is 23.2. The third-order valence-electron chi connectivity index (χ3n) is 7.45. The van der Waals surface area contributed by atoms with E-state index in [-0.39, 0.29) is 22.0 Å². The summed E-state index contributed by atoms with van der Waals surface area (Å²) < 4.78 is 31.0. The van der Waals surface area contributed by atoms with Crippen LogP contribution in [0.5, 0.6) is 0 Å². The summed E-state index contributed by atoms with van der Waals surface area (Å²) >= 11 is 0. The summed E-state index contributed by atoms with van der Waals surface area (Å²) in [7, 11) is -4.20. The molecule has 4 heterocycles. The number of aromatic nitrogens is 6. The molecule has 0 amide bonds. The molecule has 11 heteroatoms. The Morgan fingerprint density at radius 1 is 0.884 bits per heavy atom. The summed E-state index contributed by atoms with van der Waals surface area (Å²) in [6.45, 7) is 3.74. The van der Waals surface area contributed by atoms with Gasteiger partial charge in [0.15, 0.2) is 0 Å². The molecular formula is C32H25N7O3S. The molecule has 7 rings (SSSR count). The van der Waals surface area contributed by atoms with Crippen molar-refractivity contribution in [3.8, 4) is 16.8 Å². The zero-order valence-corrected chi connectivity index (χ0v) is 24.0. The quantitative estimate of drug-likeness (QED) is 0.247. The molecule has 0 aliphatic heterocycles. The molecule has 0 aliphatic carbocycles. The van der Waals surface area contributed by atoms with Gasteiger partial charge in [0.2, 0.25) is 5.78 Å². The first-order valence-corrected chi connectivity index (χ1v) is 14.9. The van der Waals surface area contributed by atoms with Gasteiger partial charge in [-0.25, -0.2) is 22.1 Å². The lowest BCUT2D eigenvalue weighted by Crippen LogP contribution is -2.19. The fourth-order valence-corrected chi connectivity index (χ4v) is 6.77. The van der Waals surface area contributed by atoms with Gasteiger partial charge in [-0.15, -0.1) is 0 Å². The van der Waals surface area contributed by atoms with E-state index in [1.807, 2.05) is 44.2 Å². The molecule has 0 saturated heterocycles. The number of nitrogens with one attached hydrogen (secondary N) is 1. The fraction of sp³-hybridized carbons (Fsp3) is 0.0625. The fourth-order valence-electron chi connectivity index (χ4n) is 5.27. The number of carbonyl (C=O) groups is 1. The van der Waals surface area contributed by atoms with Crippen LogP contribution >= 0.6 is 0 Å². The number of nitrogens with two attached hydrogens (primary N) is 1. The summed E-state index contributed by atoms with van der Waals surface area (Å²) in [6, 6.07) is 22.7. The number of H-pyrrole nitrogens is 1. The molecule has 0 saturated carbocycles. The third kappa shape index (κ3) is 4.37. The summed E-state index contributed by atoms with van der Waals surface area (Å²) in [4.78, 5) is 25.9. The van der Waals surface area contributed by atoms with Gasteiger partial charge in [-0.2, -0.15) is 5.10 Å². The molecular weight excluding hydrogens is 562 g/mol. The van der Waals surface area contributed by atoms with E-state index in [2.05, 4.69) is 20.1 Å². The topological polar surface area (TPSA) is 142 Å². The molecule has 0 atom stereocenters. The van der Waals surface area contributed by atoms with Crippen LogP contribution in [0.3, 0.4) is 0 Å². The lowest BCUT2D eigenvalue weighted by atomic mass is 10.1. The number of benzene rings is 3. The van der Waals surface area contributed by atoms with E-state index in [0.29, 0.717) is 16.6 Å². The number of nitrogen functional groups attached to an aromatic ring is 1. The molecule has 4 aromatic heterocycles. The highest BCUT2D eigenvalue weighted by Crippen LogP contribution is 2.32. The Bertz CT molecular complexity index is 2300. The first kappa shape index (κ1) is 26.4. The van der Waals surface area contributed by atoms with E-state index in [0.717, 1.165) is 37.5 Å². The summed E-state index contributed by atoms with van der Waals surface area (Å²) in [6.07, 6.45) is 4.70. The molecule has 7 aromatic rings. The second kappa shape index (κ2) is 9.78. The van der Waals surface area contributed by atoms with Gasteiger partial charge in [0.05, 0.1) is 38.9 Å². The Morgan fingerprint density at radius 2 is 1.65 bits per heavy atom. The average molecular weight is 588 g/mol. The first-order chi connectivity index (χ1) is 20.7. The van der Waals surface area contributed by atoms with E-state index in [4.69, 9.17) is 5.73 Å². The highest BCUT2D eigenvalue weighted by Gasteiger charge is 2.29. The average Bonchev–Trinajstić information content (AvgIpc) is 3.70. The maximum absolute atomic E-state index is 14.2. The molecule has 0 spiro atoms. The zero-order chi connectivity index (χ0) is 29.9. The summed E-state index contributed by atoms with van der Waals surface area (Å²) in [5.41, 5.74) is 11.7. The van der Waals surface area contributed by atoms with Crippen LogP contribution in [0.15, 0.2) is 102 Å². The van der Waals surface area contributed by atoms with Gasteiger partial charge in [-0.05, 0) is 79.6 Å². The van der Waals surface area contributed by atoms with Crippen molar-refractivity contribution in [3.05, 3.63) is 120 Å². The molecule has 3 N–H and O–H groups in total. The van der Waals surface area contributed by atoms with Gasteiger partial charge in [-0.3, -0.25) is 9.78 Å². The van der Waals surface area contributed by atoms with Crippen LogP contribution in [-0.2, 0) is 10.0 Å². The van der Waals surface area contributed by atoms with E-state index in [9.17, 15) is 13.2 Å². The Morgan fingerprint density at radius 3 is 2.42 bits per heavy atom. The number of nitrogens with zero attached hydrogens (tertiary/aromatic N) is 5. The van der Waals surface area contributed by atoms with E-state index in [1.54, 1.807) is 48.8 Å². The first-order valence-electron chi connectivity index (χ1n) is 13.4. The standard InChI is InChI=1S/C32H25N7O3S/c1-19-3-8-25(9-4-19)43(41,42)39-29-15-22(21-11-13-34-14-12-21)5-6-23(29)16-30(39)31(40)26-18-35-38(32(26)33)24-7-10-27-28(17-24)37-20(2)36-27/h3-18H,33H2,1-2H3,(H,36,37). The molecule has 0 aliphatic rings. The second-order valence-electron chi connectivity index (χ2n) is 10.3. The maximum Gasteiger partial charge on any atom is 0.268 e. The number of carbonyl (C=O) groups excluding carboxylic acids is 1. The maximum atomic E-state index is 14.2. The minimum absolute atomic E-state index is 0.0478. The predicted octanol–water partition coefficient (Wildman–Crippen LogP) is 5.43. The molecule has 10 nitrogen and oxygen atoms in total. The Kier molecular flexibility index (Phi) is 5.99. The second-order valence-corrected chi connectivity index (χ2v) is 12.1. The van der Waals surface area contributed by atoms with Crippen LogP contribution in [0.2, 0.25) is 0 Å². The monoisotopic (exact) mass is 587 g/mol. The van der Waals surface area contributed by atoms with Gasteiger partial charge >= 0.3 is 0 Å². The van der Waals surface area contributed by atoms with Gasteiger partial charge in [0.1, 0.15) is 17.3 Å². The number of hydrogen-bond acceptors (Lipinski definition) is 7. The van der Waals surface area contributed by atoms with Crippen molar-refractivity contribution in [3.63, 3.8) is 0 Å².